The van der Waals surface area contributed by atoms with Crippen LogP contribution in [-0.4, -0.2) is 24.0 Å². The highest BCUT2D eigenvalue weighted by molar-refractivity contribution is 6.04. The van der Waals surface area contributed by atoms with Crippen LogP contribution in [0.5, 0.6) is 0 Å². The molecular weight excluding hydrogens is 429 g/mol. The smallest absolute Gasteiger partial charge is 0.261 e. The molecular formula is C25H19F3N4O. The van der Waals surface area contributed by atoms with E-state index >= 15 is 0 Å². The third-order valence-corrected chi connectivity index (χ3v) is 5.55. The average molecular weight is 448 g/mol. The molecule has 1 aliphatic rings. The van der Waals surface area contributed by atoms with Crippen LogP contribution in [0.3, 0.4) is 0 Å². The number of amides is 1. The number of hydrogen-bond donors (Lipinski definition) is 1. The summed E-state index contributed by atoms with van der Waals surface area (Å²) in [5, 5.41) is 11.8. The highest BCUT2D eigenvalue weighted by atomic mass is 19.1. The summed E-state index contributed by atoms with van der Waals surface area (Å²) in [5.74, 6) is -4.00. The molecule has 0 saturated heterocycles. The van der Waals surface area contributed by atoms with Crippen molar-refractivity contribution in [2.24, 2.45) is 0 Å². The topological polar surface area (TPSA) is 69.0 Å². The average Bonchev–Trinajstić information content (AvgIpc) is 2.79. The third-order valence-electron chi connectivity index (χ3n) is 5.55. The van der Waals surface area contributed by atoms with E-state index in [2.05, 4.69) is 21.3 Å². The van der Waals surface area contributed by atoms with E-state index in [-0.39, 0.29) is 0 Å². The van der Waals surface area contributed by atoms with E-state index in [1.165, 1.54) is 5.57 Å². The van der Waals surface area contributed by atoms with Crippen molar-refractivity contribution < 1.29 is 18.0 Å². The molecule has 5 nitrogen and oxygen atoms in total. The van der Waals surface area contributed by atoms with Crippen LogP contribution in [0, 0.1) is 28.8 Å². The second kappa shape index (κ2) is 9.17. The Labute approximate surface area is 188 Å². The van der Waals surface area contributed by atoms with Gasteiger partial charge < -0.3 is 10.2 Å². The Balaban J connectivity index is 1.53. The first-order chi connectivity index (χ1) is 15.9. The van der Waals surface area contributed by atoms with Crippen molar-refractivity contribution in [1.82, 2.24) is 4.98 Å². The molecule has 0 fully saturated rings. The minimum Gasteiger partial charge on any atom is -0.351 e. The fraction of sp³-hybridized carbons (Fsp3) is 0.160. The van der Waals surface area contributed by atoms with Gasteiger partial charge >= 0.3 is 0 Å². The van der Waals surface area contributed by atoms with Gasteiger partial charge in [0.1, 0.15) is 34.9 Å². The van der Waals surface area contributed by atoms with Crippen LogP contribution in [0.1, 0.15) is 34.8 Å². The fourth-order valence-corrected chi connectivity index (χ4v) is 3.82. The lowest BCUT2D eigenvalue weighted by atomic mass is 9.94. The number of rotatable bonds is 4. The van der Waals surface area contributed by atoms with Crippen LogP contribution >= 0.6 is 0 Å². The lowest BCUT2D eigenvalue weighted by Crippen LogP contribution is -2.32. The van der Waals surface area contributed by atoms with Crippen molar-refractivity contribution >= 4 is 23.0 Å². The molecule has 0 atom stereocenters. The summed E-state index contributed by atoms with van der Waals surface area (Å²) < 4.78 is 40.8. The first kappa shape index (κ1) is 22.1. The number of nitrogens with one attached hydrogen (secondary N) is 1. The lowest BCUT2D eigenvalue weighted by molar-refractivity contribution is 0.101. The zero-order valence-electron chi connectivity index (χ0n) is 17.7. The molecule has 0 spiro atoms. The van der Waals surface area contributed by atoms with E-state index in [1.54, 1.807) is 42.6 Å². The maximum absolute atomic E-state index is 13.9. The Hall–Kier alpha value is -4.12. The molecule has 33 heavy (non-hydrogen) atoms. The maximum atomic E-state index is 13.9. The first-order valence-electron chi connectivity index (χ1n) is 10.2. The summed E-state index contributed by atoms with van der Waals surface area (Å²) >= 11 is 0. The summed E-state index contributed by atoms with van der Waals surface area (Å²) in [6, 6.07) is 13.4. The van der Waals surface area contributed by atoms with E-state index in [1.807, 2.05) is 6.92 Å². The van der Waals surface area contributed by atoms with Gasteiger partial charge in [0.25, 0.3) is 5.91 Å². The number of anilines is 2. The minimum absolute atomic E-state index is 0.342. The van der Waals surface area contributed by atoms with Crippen LogP contribution in [0.15, 0.2) is 60.3 Å². The normalized spacial score (nSPS) is 13.6. The monoisotopic (exact) mass is 448 g/mol. The Morgan fingerprint density at radius 3 is 2.48 bits per heavy atom. The molecule has 4 rings (SSSR count). The van der Waals surface area contributed by atoms with Gasteiger partial charge in [-0.2, -0.15) is 5.26 Å². The van der Waals surface area contributed by atoms with E-state index in [4.69, 9.17) is 0 Å². The van der Waals surface area contributed by atoms with E-state index in [0.717, 1.165) is 24.1 Å². The molecule has 166 valence electrons. The zero-order valence-corrected chi connectivity index (χ0v) is 17.7. The number of aromatic nitrogens is 1. The highest BCUT2D eigenvalue weighted by Crippen LogP contribution is 2.30. The number of nitrogens with zero attached hydrogens (tertiary/aromatic N) is 3. The molecule has 2 heterocycles. The predicted octanol–water partition coefficient (Wildman–Crippen LogP) is 5.31. The minimum atomic E-state index is -1.27. The molecule has 8 heteroatoms. The number of halogens is 3. The van der Waals surface area contributed by atoms with Crippen LogP contribution in [-0.2, 0) is 0 Å². The Kier molecular flexibility index (Phi) is 6.13. The maximum Gasteiger partial charge on any atom is 0.261 e. The molecule has 0 saturated carbocycles. The van der Waals surface area contributed by atoms with Gasteiger partial charge in [0, 0.05) is 37.1 Å². The van der Waals surface area contributed by atoms with Crippen molar-refractivity contribution in [2.75, 3.05) is 23.3 Å². The molecule has 0 bridgehead atoms. The largest absolute Gasteiger partial charge is 0.351 e. The summed E-state index contributed by atoms with van der Waals surface area (Å²) in [6.07, 6.45) is 2.46. The molecule has 1 amide bonds. The van der Waals surface area contributed by atoms with E-state index in [9.17, 15) is 23.2 Å². The number of hydrogen-bond acceptors (Lipinski definition) is 4. The molecule has 1 aliphatic heterocycles. The van der Waals surface area contributed by atoms with Gasteiger partial charge in [-0.1, -0.05) is 17.7 Å². The summed E-state index contributed by atoms with van der Waals surface area (Å²) in [6.45, 7) is 3.35. The molecule has 0 unspecified atom stereocenters. The van der Waals surface area contributed by atoms with E-state index < -0.39 is 28.9 Å². The number of pyridine rings is 1. The molecule has 3 aromatic rings. The van der Waals surface area contributed by atoms with Crippen LogP contribution in [0.2, 0.25) is 0 Å². The van der Waals surface area contributed by atoms with Gasteiger partial charge in [-0.3, -0.25) is 4.79 Å². The molecule has 0 radical (unpaired) electrons. The van der Waals surface area contributed by atoms with Gasteiger partial charge in [-0.05, 0) is 48.7 Å². The van der Waals surface area contributed by atoms with E-state index in [0.29, 0.717) is 35.7 Å². The Morgan fingerprint density at radius 1 is 1.12 bits per heavy atom. The number of benzene rings is 2. The van der Waals surface area contributed by atoms with Crippen molar-refractivity contribution in [3.8, 4) is 6.07 Å². The van der Waals surface area contributed by atoms with Crippen LogP contribution in [0.4, 0.5) is 24.7 Å². The van der Waals surface area contributed by atoms with Gasteiger partial charge in [0.2, 0.25) is 0 Å². The van der Waals surface area contributed by atoms with Crippen LogP contribution in [0.25, 0.3) is 5.57 Å². The second-order valence-electron chi connectivity index (χ2n) is 7.69. The van der Waals surface area contributed by atoms with Crippen molar-refractivity contribution in [3.05, 3.63) is 94.4 Å². The summed E-state index contributed by atoms with van der Waals surface area (Å²) in [5.41, 5.74) is 3.20. The molecule has 0 aliphatic carbocycles. The van der Waals surface area contributed by atoms with Gasteiger partial charge in [0.05, 0.1) is 5.56 Å². The van der Waals surface area contributed by atoms with Crippen molar-refractivity contribution in [1.29, 1.82) is 5.26 Å². The van der Waals surface area contributed by atoms with Crippen molar-refractivity contribution in [3.63, 3.8) is 0 Å². The number of carbonyl (C=O) groups excluding carboxylic acids is 1. The Bertz CT molecular complexity index is 1270. The molecule has 1 N–H and O–H groups in total. The predicted molar refractivity (Wildman–Crippen MR) is 119 cm³/mol. The second-order valence-corrected chi connectivity index (χ2v) is 7.69. The van der Waals surface area contributed by atoms with Gasteiger partial charge in [-0.25, -0.2) is 18.2 Å². The number of nitriles is 1. The summed E-state index contributed by atoms with van der Waals surface area (Å²) in [7, 11) is 0. The highest BCUT2D eigenvalue weighted by Gasteiger charge is 2.22. The SMILES string of the molecule is CC1=C(c2ccc(NC(=O)c3c(F)cc(F)cc3F)cc2)CN(c2ncccc2C#N)CC1. The quantitative estimate of drug-likeness (QED) is 0.588. The van der Waals surface area contributed by atoms with Crippen molar-refractivity contribution in [2.45, 2.75) is 13.3 Å². The number of carbonyl (C=O) groups is 1. The first-order valence-corrected chi connectivity index (χ1v) is 10.2. The van der Waals surface area contributed by atoms with Gasteiger partial charge in [0.15, 0.2) is 0 Å². The zero-order chi connectivity index (χ0) is 23.5. The standard InChI is InChI=1S/C25H19F3N4O/c1-15-8-10-32(24-17(13-29)3-2-9-30-24)14-20(15)16-4-6-19(7-5-16)31-25(33)23-21(27)11-18(26)12-22(23)28/h2-7,9,11-12H,8,10,14H2,1H3,(H,31,33). The third kappa shape index (κ3) is 4.58. The fourth-order valence-electron chi connectivity index (χ4n) is 3.82. The lowest BCUT2D eigenvalue weighted by Gasteiger charge is -2.31. The van der Waals surface area contributed by atoms with Gasteiger partial charge in [-0.15, -0.1) is 0 Å². The summed E-state index contributed by atoms with van der Waals surface area (Å²) in [4.78, 5) is 18.7. The molecule has 1 aromatic heterocycles. The molecule has 2 aromatic carbocycles. The van der Waals surface area contributed by atoms with Crippen LogP contribution < -0.4 is 10.2 Å². The Morgan fingerprint density at radius 2 is 1.82 bits per heavy atom.